The molecule has 0 aliphatic carbocycles. The molecular formula is C13H17N3O. The maximum Gasteiger partial charge on any atom is 0.0810 e. The molecule has 1 N–H and O–H groups in total. The molecule has 90 valence electrons. The summed E-state index contributed by atoms with van der Waals surface area (Å²) >= 11 is 0. The summed E-state index contributed by atoms with van der Waals surface area (Å²) in [6.45, 7) is 1.92. The van der Waals surface area contributed by atoms with E-state index in [-0.39, 0.29) is 0 Å². The number of rotatable bonds is 4. The van der Waals surface area contributed by atoms with E-state index < -0.39 is 6.10 Å². The predicted molar refractivity (Wildman–Crippen MR) is 65.5 cm³/mol. The monoisotopic (exact) mass is 231 g/mol. The van der Waals surface area contributed by atoms with Crippen LogP contribution in [0.4, 0.5) is 0 Å². The minimum absolute atomic E-state index is 0.455. The first kappa shape index (κ1) is 11.8. The van der Waals surface area contributed by atoms with Crippen LogP contribution >= 0.6 is 0 Å². The van der Waals surface area contributed by atoms with Crippen molar-refractivity contribution in [2.75, 3.05) is 0 Å². The van der Waals surface area contributed by atoms with E-state index in [9.17, 15) is 5.11 Å². The highest BCUT2D eigenvalue weighted by molar-refractivity contribution is 5.21. The number of aromatic nitrogens is 3. The Bertz CT molecular complexity index is 493. The van der Waals surface area contributed by atoms with Gasteiger partial charge < -0.3 is 5.11 Å². The summed E-state index contributed by atoms with van der Waals surface area (Å²) < 4.78 is 1.77. The predicted octanol–water partition coefficient (Wildman–Crippen LogP) is 1.79. The molecule has 4 nitrogen and oxygen atoms in total. The standard InChI is InChI=1S/C13H17N3O/c1-10-12(4-3-7-14-10)13(17)6-5-11-8-15-16(2)9-11/h3-4,7-9,13,17H,5-6H2,1-2H3. The third-order valence-corrected chi connectivity index (χ3v) is 2.87. The average molecular weight is 231 g/mol. The molecule has 1 atom stereocenters. The SMILES string of the molecule is Cc1ncccc1C(O)CCc1cnn(C)c1. The molecule has 0 radical (unpaired) electrons. The third kappa shape index (κ3) is 2.91. The highest BCUT2D eigenvalue weighted by Crippen LogP contribution is 2.20. The zero-order valence-electron chi connectivity index (χ0n) is 10.2. The molecule has 4 heteroatoms. The van der Waals surface area contributed by atoms with Crippen molar-refractivity contribution in [3.63, 3.8) is 0 Å². The lowest BCUT2D eigenvalue weighted by Crippen LogP contribution is -2.02. The van der Waals surface area contributed by atoms with Crippen LogP contribution in [0.25, 0.3) is 0 Å². The number of aliphatic hydroxyl groups excluding tert-OH is 1. The highest BCUT2D eigenvalue weighted by atomic mass is 16.3. The molecule has 0 spiro atoms. The molecule has 0 aliphatic heterocycles. The van der Waals surface area contributed by atoms with Crippen molar-refractivity contribution in [3.05, 3.63) is 47.5 Å². The van der Waals surface area contributed by atoms with E-state index in [1.807, 2.05) is 38.5 Å². The summed E-state index contributed by atoms with van der Waals surface area (Å²) in [7, 11) is 1.89. The fraction of sp³-hybridized carbons (Fsp3) is 0.385. The van der Waals surface area contributed by atoms with Gasteiger partial charge in [-0.2, -0.15) is 5.10 Å². The first-order valence-corrected chi connectivity index (χ1v) is 5.74. The maximum atomic E-state index is 10.1. The van der Waals surface area contributed by atoms with E-state index in [2.05, 4.69) is 10.1 Å². The number of aliphatic hydroxyl groups is 1. The third-order valence-electron chi connectivity index (χ3n) is 2.87. The molecule has 0 amide bonds. The van der Waals surface area contributed by atoms with Crippen LogP contribution in [0.5, 0.6) is 0 Å². The van der Waals surface area contributed by atoms with Gasteiger partial charge in [0.2, 0.25) is 0 Å². The maximum absolute atomic E-state index is 10.1. The molecule has 0 fully saturated rings. The summed E-state index contributed by atoms with van der Waals surface area (Å²) in [4.78, 5) is 4.18. The zero-order chi connectivity index (χ0) is 12.3. The number of nitrogens with zero attached hydrogens (tertiary/aromatic N) is 3. The fourth-order valence-corrected chi connectivity index (χ4v) is 1.91. The van der Waals surface area contributed by atoms with Crippen molar-refractivity contribution in [3.8, 4) is 0 Å². The minimum atomic E-state index is -0.455. The van der Waals surface area contributed by atoms with Gasteiger partial charge in [0.05, 0.1) is 12.3 Å². The van der Waals surface area contributed by atoms with Crippen LogP contribution in [0.1, 0.15) is 29.3 Å². The second kappa shape index (κ2) is 5.10. The van der Waals surface area contributed by atoms with Gasteiger partial charge in [-0.25, -0.2) is 0 Å². The number of hydrogen-bond acceptors (Lipinski definition) is 3. The van der Waals surface area contributed by atoms with E-state index in [0.717, 1.165) is 23.2 Å². The van der Waals surface area contributed by atoms with Gasteiger partial charge in [-0.05, 0) is 31.4 Å². The number of hydrogen-bond donors (Lipinski definition) is 1. The summed E-state index contributed by atoms with van der Waals surface area (Å²) in [5, 5.41) is 14.2. The van der Waals surface area contributed by atoms with Crippen molar-refractivity contribution in [1.29, 1.82) is 0 Å². The van der Waals surface area contributed by atoms with E-state index in [4.69, 9.17) is 0 Å². The van der Waals surface area contributed by atoms with Crippen LogP contribution in [0.15, 0.2) is 30.7 Å². The molecule has 0 saturated heterocycles. The molecular weight excluding hydrogens is 214 g/mol. The van der Waals surface area contributed by atoms with Gasteiger partial charge in [-0.15, -0.1) is 0 Å². The van der Waals surface area contributed by atoms with Gasteiger partial charge in [0.1, 0.15) is 0 Å². The fourth-order valence-electron chi connectivity index (χ4n) is 1.91. The molecule has 0 aliphatic rings. The second-order valence-corrected chi connectivity index (χ2v) is 4.25. The lowest BCUT2D eigenvalue weighted by Gasteiger charge is -2.11. The van der Waals surface area contributed by atoms with Crippen LogP contribution in [0.3, 0.4) is 0 Å². The molecule has 17 heavy (non-hydrogen) atoms. The van der Waals surface area contributed by atoms with Gasteiger partial charge in [-0.3, -0.25) is 9.67 Å². The Hall–Kier alpha value is -1.68. The molecule has 0 bridgehead atoms. The van der Waals surface area contributed by atoms with Crippen molar-refractivity contribution in [2.24, 2.45) is 7.05 Å². The summed E-state index contributed by atoms with van der Waals surface area (Å²) in [6, 6.07) is 3.78. The Morgan fingerprint density at radius 2 is 2.29 bits per heavy atom. The first-order chi connectivity index (χ1) is 8.16. The van der Waals surface area contributed by atoms with Crippen LogP contribution in [-0.4, -0.2) is 19.9 Å². The smallest absolute Gasteiger partial charge is 0.0810 e. The Kier molecular flexibility index (Phi) is 3.54. The van der Waals surface area contributed by atoms with Crippen LogP contribution in [0, 0.1) is 6.92 Å². The zero-order valence-corrected chi connectivity index (χ0v) is 10.2. The van der Waals surface area contributed by atoms with Gasteiger partial charge in [-0.1, -0.05) is 6.07 Å². The largest absolute Gasteiger partial charge is 0.388 e. The Morgan fingerprint density at radius 3 is 2.94 bits per heavy atom. The molecule has 2 rings (SSSR count). The molecule has 1 unspecified atom stereocenters. The van der Waals surface area contributed by atoms with Crippen LogP contribution in [0.2, 0.25) is 0 Å². The van der Waals surface area contributed by atoms with Gasteiger partial charge in [0.15, 0.2) is 0 Å². The van der Waals surface area contributed by atoms with E-state index in [1.165, 1.54) is 0 Å². The lowest BCUT2D eigenvalue weighted by atomic mass is 10.0. The van der Waals surface area contributed by atoms with Crippen molar-refractivity contribution >= 4 is 0 Å². The summed E-state index contributed by atoms with van der Waals surface area (Å²) in [5.41, 5.74) is 2.95. The van der Waals surface area contributed by atoms with Gasteiger partial charge >= 0.3 is 0 Å². The number of aryl methyl sites for hydroxylation is 3. The van der Waals surface area contributed by atoms with E-state index in [0.29, 0.717) is 6.42 Å². The summed E-state index contributed by atoms with van der Waals surface area (Å²) in [6.07, 6.45) is 6.61. The van der Waals surface area contributed by atoms with Crippen LogP contribution in [-0.2, 0) is 13.5 Å². The Labute approximate surface area is 101 Å². The average Bonchev–Trinajstić information content (AvgIpc) is 2.73. The van der Waals surface area contributed by atoms with E-state index in [1.54, 1.807) is 10.9 Å². The van der Waals surface area contributed by atoms with Crippen LogP contribution < -0.4 is 0 Å². The number of pyridine rings is 1. The van der Waals surface area contributed by atoms with E-state index >= 15 is 0 Å². The lowest BCUT2D eigenvalue weighted by molar-refractivity contribution is 0.166. The minimum Gasteiger partial charge on any atom is -0.388 e. The Morgan fingerprint density at radius 1 is 1.47 bits per heavy atom. The van der Waals surface area contributed by atoms with Gasteiger partial charge in [0, 0.05) is 30.7 Å². The normalized spacial score (nSPS) is 12.6. The Balaban J connectivity index is 1.98. The van der Waals surface area contributed by atoms with Crippen molar-refractivity contribution in [1.82, 2.24) is 14.8 Å². The molecule has 0 saturated carbocycles. The first-order valence-electron chi connectivity index (χ1n) is 5.74. The highest BCUT2D eigenvalue weighted by Gasteiger charge is 2.11. The quantitative estimate of drug-likeness (QED) is 0.872. The molecule has 2 aromatic rings. The topological polar surface area (TPSA) is 50.9 Å². The van der Waals surface area contributed by atoms with Crippen molar-refractivity contribution < 1.29 is 5.11 Å². The summed E-state index contributed by atoms with van der Waals surface area (Å²) in [5.74, 6) is 0. The van der Waals surface area contributed by atoms with Crippen molar-refractivity contribution in [2.45, 2.75) is 25.9 Å². The molecule has 0 aromatic carbocycles. The second-order valence-electron chi connectivity index (χ2n) is 4.25. The molecule has 2 aromatic heterocycles. The van der Waals surface area contributed by atoms with Gasteiger partial charge in [0.25, 0.3) is 0 Å². The molecule has 2 heterocycles.